The van der Waals surface area contributed by atoms with Crippen LogP contribution < -0.4 is 4.74 Å². The van der Waals surface area contributed by atoms with Crippen molar-refractivity contribution in [2.24, 2.45) is 0 Å². The summed E-state index contributed by atoms with van der Waals surface area (Å²) in [5, 5.41) is 9.57. The minimum atomic E-state index is 0.121. The normalized spacial score (nSPS) is 10.1. The van der Waals surface area contributed by atoms with Crippen LogP contribution in [0.1, 0.15) is 5.56 Å². The maximum Gasteiger partial charge on any atom is 0.148 e. The standard InChI is InChI=1S/C18H10Cl2N2O/c19-17-15(10-21)16(11-22-18(17)20)12-6-8-14(9-7-12)23-13-4-2-1-3-5-13/h1-9,11H. The molecule has 2 aromatic carbocycles. The molecule has 0 bridgehead atoms. The molecule has 0 atom stereocenters. The summed E-state index contributed by atoms with van der Waals surface area (Å²) in [7, 11) is 0. The zero-order valence-electron chi connectivity index (χ0n) is 11.8. The van der Waals surface area contributed by atoms with Gasteiger partial charge in [0.1, 0.15) is 22.7 Å². The third kappa shape index (κ3) is 3.29. The summed E-state index contributed by atoms with van der Waals surface area (Å²) in [5.41, 5.74) is 1.75. The molecule has 0 N–H and O–H groups in total. The second-order valence-corrected chi connectivity index (χ2v) is 5.44. The quantitative estimate of drug-likeness (QED) is 0.573. The lowest BCUT2D eigenvalue weighted by molar-refractivity contribution is 0.483. The van der Waals surface area contributed by atoms with E-state index < -0.39 is 0 Å². The number of ether oxygens (including phenoxy) is 1. The predicted molar refractivity (Wildman–Crippen MR) is 90.9 cm³/mol. The minimum Gasteiger partial charge on any atom is -0.457 e. The Morgan fingerprint density at radius 2 is 1.57 bits per heavy atom. The molecule has 0 amide bonds. The Morgan fingerprint density at radius 3 is 2.22 bits per heavy atom. The van der Waals surface area contributed by atoms with Gasteiger partial charge in [0, 0.05) is 11.8 Å². The van der Waals surface area contributed by atoms with Gasteiger partial charge in [0.15, 0.2) is 0 Å². The third-order valence-corrected chi connectivity index (χ3v) is 3.98. The number of aromatic nitrogens is 1. The fraction of sp³-hybridized carbons (Fsp3) is 0. The second kappa shape index (κ2) is 6.70. The van der Waals surface area contributed by atoms with Crippen LogP contribution in [-0.2, 0) is 0 Å². The molecule has 0 unspecified atom stereocenters. The zero-order chi connectivity index (χ0) is 16.2. The van der Waals surface area contributed by atoms with Crippen molar-refractivity contribution in [1.82, 2.24) is 4.98 Å². The molecule has 112 valence electrons. The van der Waals surface area contributed by atoms with Gasteiger partial charge in [-0.25, -0.2) is 4.98 Å². The summed E-state index contributed by atoms with van der Waals surface area (Å²) in [6.07, 6.45) is 1.54. The molecule has 0 radical (unpaired) electrons. The summed E-state index contributed by atoms with van der Waals surface area (Å²) >= 11 is 11.9. The molecule has 0 saturated carbocycles. The van der Waals surface area contributed by atoms with E-state index in [2.05, 4.69) is 11.1 Å². The lowest BCUT2D eigenvalue weighted by atomic mass is 10.0. The zero-order valence-corrected chi connectivity index (χ0v) is 13.3. The van der Waals surface area contributed by atoms with Gasteiger partial charge in [-0.3, -0.25) is 0 Å². The van der Waals surface area contributed by atoms with Crippen molar-refractivity contribution in [2.75, 3.05) is 0 Å². The molecule has 3 rings (SSSR count). The summed E-state index contributed by atoms with van der Waals surface area (Å²) in [6, 6.07) is 18.9. The first kappa shape index (κ1) is 15.4. The summed E-state index contributed by atoms with van der Waals surface area (Å²) in [5.74, 6) is 1.46. The number of halogens is 2. The average molecular weight is 341 g/mol. The first-order valence-corrected chi connectivity index (χ1v) is 7.52. The smallest absolute Gasteiger partial charge is 0.148 e. The van der Waals surface area contributed by atoms with Gasteiger partial charge in [-0.15, -0.1) is 0 Å². The van der Waals surface area contributed by atoms with Gasteiger partial charge >= 0.3 is 0 Å². The van der Waals surface area contributed by atoms with Crippen molar-refractivity contribution in [3.63, 3.8) is 0 Å². The highest BCUT2D eigenvalue weighted by Crippen LogP contribution is 2.33. The van der Waals surface area contributed by atoms with Crippen LogP contribution in [-0.4, -0.2) is 4.98 Å². The highest BCUT2D eigenvalue weighted by Gasteiger charge is 2.13. The number of rotatable bonds is 3. The van der Waals surface area contributed by atoms with Crippen LogP contribution in [0.25, 0.3) is 11.1 Å². The third-order valence-electron chi connectivity index (χ3n) is 3.23. The van der Waals surface area contributed by atoms with E-state index in [4.69, 9.17) is 27.9 Å². The van der Waals surface area contributed by atoms with E-state index in [1.807, 2.05) is 54.6 Å². The number of benzene rings is 2. The van der Waals surface area contributed by atoms with Crippen molar-refractivity contribution in [3.8, 4) is 28.7 Å². The molecular formula is C18H10Cl2N2O. The van der Waals surface area contributed by atoms with Crippen LogP contribution in [0, 0.1) is 11.3 Å². The van der Waals surface area contributed by atoms with E-state index in [1.54, 1.807) is 6.20 Å². The van der Waals surface area contributed by atoms with Gasteiger partial charge < -0.3 is 4.74 Å². The van der Waals surface area contributed by atoms with Gasteiger partial charge in [-0.1, -0.05) is 53.5 Å². The van der Waals surface area contributed by atoms with Crippen LogP contribution in [0.4, 0.5) is 0 Å². The van der Waals surface area contributed by atoms with Gasteiger partial charge in [-0.2, -0.15) is 5.26 Å². The number of pyridine rings is 1. The lowest BCUT2D eigenvalue weighted by Crippen LogP contribution is -1.90. The first-order valence-electron chi connectivity index (χ1n) is 6.76. The molecule has 0 aliphatic rings. The monoisotopic (exact) mass is 340 g/mol. The van der Waals surface area contributed by atoms with Crippen molar-refractivity contribution in [1.29, 1.82) is 5.26 Å². The fourth-order valence-electron chi connectivity index (χ4n) is 2.12. The van der Waals surface area contributed by atoms with E-state index in [0.29, 0.717) is 16.9 Å². The molecule has 3 aromatic rings. The molecule has 0 saturated heterocycles. The molecule has 23 heavy (non-hydrogen) atoms. The van der Waals surface area contributed by atoms with Crippen molar-refractivity contribution in [3.05, 3.63) is 76.5 Å². The van der Waals surface area contributed by atoms with Gasteiger partial charge in [0.2, 0.25) is 0 Å². The Hall–Kier alpha value is -2.54. The SMILES string of the molecule is N#Cc1c(-c2ccc(Oc3ccccc3)cc2)cnc(Cl)c1Cl. The lowest BCUT2D eigenvalue weighted by Gasteiger charge is -2.09. The number of nitriles is 1. The van der Waals surface area contributed by atoms with Crippen LogP contribution in [0.3, 0.4) is 0 Å². The summed E-state index contributed by atoms with van der Waals surface area (Å²) in [4.78, 5) is 4.00. The van der Waals surface area contributed by atoms with Gasteiger partial charge in [-0.05, 0) is 29.8 Å². The molecular weight excluding hydrogens is 331 g/mol. The van der Waals surface area contributed by atoms with Crippen molar-refractivity contribution < 1.29 is 4.74 Å². The van der Waals surface area contributed by atoms with Gasteiger partial charge in [0.05, 0.1) is 10.6 Å². The van der Waals surface area contributed by atoms with Crippen LogP contribution in [0.15, 0.2) is 60.8 Å². The molecule has 1 aromatic heterocycles. The largest absolute Gasteiger partial charge is 0.457 e. The Balaban J connectivity index is 1.92. The number of nitrogens with zero attached hydrogens (tertiary/aromatic N) is 2. The Bertz CT molecular complexity index is 872. The van der Waals surface area contributed by atoms with Crippen LogP contribution >= 0.6 is 23.2 Å². The van der Waals surface area contributed by atoms with E-state index in [1.165, 1.54) is 0 Å². The predicted octanol–water partition coefficient (Wildman–Crippen LogP) is 5.72. The molecule has 3 nitrogen and oxygen atoms in total. The van der Waals surface area contributed by atoms with E-state index >= 15 is 0 Å². The highest BCUT2D eigenvalue weighted by molar-refractivity contribution is 6.42. The van der Waals surface area contributed by atoms with Gasteiger partial charge in [0.25, 0.3) is 0 Å². The van der Waals surface area contributed by atoms with Crippen LogP contribution in [0.5, 0.6) is 11.5 Å². The van der Waals surface area contributed by atoms with Crippen molar-refractivity contribution >= 4 is 23.2 Å². The molecule has 0 fully saturated rings. The second-order valence-electron chi connectivity index (χ2n) is 4.70. The average Bonchev–Trinajstić information content (AvgIpc) is 2.59. The maximum atomic E-state index is 9.29. The molecule has 0 aliphatic heterocycles. The maximum absolute atomic E-state index is 9.29. The number of para-hydroxylation sites is 1. The Morgan fingerprint density at radius 1 is 0.913 bits per heavy atom. The van der Waals surface area contributed by atoms with E-state index in [9.17, 15) is 5.26 Å². The van der Waals surface area contributed by atoms with E-state index in [0.717, 1.165) is 11.3 Å². The van der Waals surface area contributed by atoms with Crippen LogP contribution in [0.2, 0.25) is 10.2 Å². The number of hydrogen-bond donors (Lipinski definition) is 0. The van der Waals surface area contributed by atoms with E-state index in [-0.39, 0.29) is 10.2 Å². The molecule has 5 heteroatoms. The highest BCUT2D eigenvalue weighted by atomic mass is 35.5. The summed E-state index contributed by atoms with van der Waals surface area (Å²) in [6.45, 7) is 0. The summed E-state index contributed by atoms with van der Waals surface area (Å²) < 4.78 is 5.74. The molecule has 1 heterocycles. The fourth-order valence-corrected chi connectivity index (χ4v) is 2.46. The topological polar surface area (TPSA) is 45.9 Å². The molecule has 0 aliphatic carbocycles. The number of hydrogen-bond acceptors (Lipinski definition) is 3. The molecule has 0 spiro atoms. The Kier molecular flexibility index (Phi) is 4.47. The first-order chi connectivity index (χ1) is 11.2. The van der Waals surface area contributed by atoms with Crippen molar-refractivity contribution in [2.45, 2.75) is 0 Å². The Labute approximate surface area is 143 Å². The minimum absolute atomic E-state index is 0.121.